The van der Waals surface area contributed by atoms with E-state index >= 15 is 0 Å². The van der Waals surface area contributed by atoms with Crippen molar-refractivity contribution in [2.24, 2.45) is 0 Å². The molecule has 1 aromatic carbocycles. The van der Waals surface area contributed by atoms with Crippen LogP contribution in [0.2, 0.25) is 0 Å². The Hall–Kier alpha value is -2.43. The van der Waals surface area contributed by atoms with Gasteiger partial charge in [0.25, 0.3) is 5.91 Å². The van der Waals surface area contributed by atoms with Gasteiger partial charge in [0, 0.05) is 17.9 Å². The van der Waals surface area contributed by atoms with Crippen LogP contribution in [0.5, 0.6) is 0 Å². The lowest BCUT2D eigenvalue weighted by Gasteiger charge is -2.16. The van der Waals surface area contributed by atoms with E-state index < -0.39 is 0 Å². The maximum Gasteiger partial charge on any atom is 0.270 e. The molecule has 132 valence electrons. The number of nitrogens with one attached hydrogen (secondary N) is 2. The zero-order valence-corrected chi connectivity index (χ0v) is 15.0. The van der Waals surface area contributed by atoms with Gasteiger partial charge in [-0.25, -0.2) is 9.97 Å². The quantitative estimate of drug-likeness (QED) is 0.816. The maximum absolute atomic E-state index is 12.5. The number of carbonyl (C=O) groups excluding carboxylic acids is 1. The highest BCUT2D eigenvalue weighted by Gasteiger charge is 2.17. The van der Waals surface area contributed by atoms with Crippen LogP contribution in [-0.2, 0) is 0 Å². The molecule has 1 aromatic heterocycles. The van der Waals surface area contributed by atoms with Crippen molar-refractivity contribution in [2.45, 2.75) is 58.4 Å². The summed E-state index contributed by atoms with van der Waals surface area (Å²) in [4.78, 5) is 21.2. The fourth-order valence-corrected chi connectivity index (χ4v) is 3.22. The normalized spacial score (nSPS) is 15.4. The minimum Gasteiger partial charge on any atom is -0.348 e. The van der Waals surface area contributed by atoms with E-state index in [1.165, 1.54) is 25.7 Å². The van der Waals surface area contributed by atoms with Crippen molar-refractivity contribution >= 4 is 17.5 Å². The molecular formula is C20H26N4O. The Morgan fingerprint density at radius 3 is 2.60 bits per heavy atom. The van der Waals surface area contributed by atoms with Crippen molar-refractivity contribution in [2.75, 3.05) is 5.32 Å². The Bertz CT molecular complexity index is 736. The fraction of sp³-hybridized carbons (Fsp3) is 0.450. The summed E-state index contributed by atoms with van der Waals surface area (Å²) in [5.74, 6) is 0.334. The van der Waals surface area contributed by atoms with Crippen molar-refractivity contribution in [3.05, 3.63) is 47.3 Å². The SMILES string of the molecule is Cc1ccc(C)c(Nc2nccc(C(=O)NC3CCCCCC3)n2)c1. The molecule has 1 saturated carbocycles. The largest absolute Gasteiger partial charge is 0.348 e. The highest BCUT2D eigenvalue weighted by atomic mass is 16.1. The Labute approximate surface area is 149 Å². The molecule has 25 heavy (non-hydrogen) atoms. The van der Waals surface area contributed by atoms with Crippen molar-refractivity contribution in [1.29, 1.82) is 0 Å². The van der Waals surface area contributed by atoms with Crippen LogP contribution in [0.15, 0.2) is 30.5 Å². The minimum atomic E-state index is -0.113. The predicted octanol–water partition coefficient (Wildman–Crippen LogP) is 4.29. The Balaban J connectivity index is 1.70. The first-order valence-electron chi connectivity index (χ1n) is 9.10. The summed E-state index contributed by atoms with van der Waals surface area (Å²) < 4.78 is 0. The smallest absolute Gasteiger partial charge is 0.270 e. The molecule has 5 nitrogen and oxygen atoms in total. The molecule has 0 atom stereocenters. The van der Waals surface area contributed by atoms with E-state index in [0.717, 1.165) is 29.7 Å². The molecule has 0 bridgehead atoms. The van der Waals surface area contributed by atoms with Gasteiger partial charge in [0.1, 0.15) is 5.69 Å². The van der Waals surface area contributed by atoms with Crippen molar-refractivity contribution in [3.8, 4) is 0 Å². The molecule has 0 unspecified atom stereocenters. The van der Waals surface area contributed by atoms with Crippen LogP contribution in [0.1, 0.15) is 60.1 Å². The van der Waals surface area contributed by atoms with E-state index in [2.05, 4.69) is 38.8 Å². The minimum absolute atomic E-state index is 0.113. The first-order valence-corrected chi connectivity index (χ1v) is 9.10. The van der Waals surface area contributed by atoms with Crippen LogP contribution >= 0.6 is 0 Å². The predicted molar refractivity (Wildman–Crippen MR) is 100 cm³/mol. The Morgan fingerprint density at radius 2 is 1.84 bits per heavy atom. The molecule has 0 radical (unpaired) electrons. The fourth-order valence-electron chi connectivity index (χ4n) is 3.22. The van der Waals surface area contributed by atoms with Gasteiger partial charge in [-0.1, -0.05) is 37.8 Å². The van der Waals surface area contributed by atoms with Gasteiger partial charge in [0.05, 0.1) is 0 Å². The number of anilines is 2. The number of aromatic nitrogens is 2. The molecule has 1 fully saturated rings. The summed E-state index contributed by atoms with van der Waals surface area (Å²) in [6, 6.07) is 8.11. The standard InChI is InChI=1S/C20H26N4O/c1-14-9-10-15(2)18(13-14)24-20-21-12-11-17(23-20)19(25)22-16-7-5-3-4-6-8-16/h9-13,16H,3-8H2,1-2H3,(H,22,25)(H,21,23,24). The van der Waals surface area contributed by atoms with Gasteiger partial charge in [0.2, 0.25) is 5.95 Å². The Kier molecular flexibility index (Phi) is 5.64. The van der Waals surface area contributed by atoms with Gasteiger partial charge < -0.3 is 10.6 Å². The third-order valence-electron chi connectivity index (χ3n) is 4.72. The molecule has 0 aliphatic heterocycles. The van der Waals surface area contributed by atoms with Gasteiger partial charge in [-0.15, -0.1) is 0 Å². The molecule has 2 aromatic rings. The summed E-state index contributed by atoms with van der Waals surface area (Å²) in [6.07, 6.45) is 8.66. The van der Waals surface area contributed by atoms with E-state index in [0.29, 0.717) is 11.6 Å². The van der Waals surface area contributed by atoms with Crippen LogP contribution in [0.3, 0.4) is 0 Å². The second-order valence-corrected chi connectivity index (χ2v) is 6.87. The molecule has 1 aliphatic carbocycles. The van der Waals surface area contributed by atoms with E-state index in [9.17, 15) is 4.79 Å². The zero-order chi connectivity index (χ0) is 17.6. The summed E-state index contributed by atoms with van der Waals surface area (Å²) in [7, 11) is 0. The first kappa shape index (κ1) is 17.4. The number of aryl methyl sites for hydroxylation is 2. The number of amides is 1. The highest BCUT2D eigenvalue weighted by Crippen LogP contribution is 2.20. The average molecular weight is 338 g/mol. The van der Waals surface area contributed by atoms with Crippen LogP contribution < -0.4 is 10.6 Å². The molecule has 2 N–H and O–H groups in total. The van der Waals surface area contributed by atoms with Crippen molar-refractivity contribution in [1.82, 2.24) is 15.3 Å². The van der Waals surface area contributed by atoms with E-state index in [-0.39, 0.29) is 11.9 Å². The molecule has 0 saturated heterocycles. The number of hydrogen-bond acceptors (Lipinski definition) is 4. The van der Waals surface area contributed by atoms with E-state index in [1.54, 1.807) is 12.3 Å². The Morgan fingerprint density at radius 1 is 1.08 bits per heavy atom. The molecule has 3 rings (SSSR count). The van der Waals surface area contributed by atoms with Gasteiger partial charge in [-0.3, -0.25) is 4.79 Å². The third kappa shape index (κ3) is 4.78. The van der Waals surface area contributed by atoms with E-state index in [1.807, 2.05) is 13.8 Å². The summed E-state index contributed by atoms with van der Waals surface area (Å²) in [6.45, 7) is 4.08. The molecular weight excluding hydrogens is 312 g/mol. The second kappa shape index (κ2) is 8.10. The lowest BCUT2D eigenvalue weighted by Crippen LogP contribution is -2.35. The number of benzene rings is 1. The number of nitrogens with zero attached hydrogens (tertiary/aromatic N) is 2. The summed E-state index contributed by atoms with van der Waals surface area (Å²) in [5, 5.41) is 6.35. The van der Waals surface area contributed by atoms with Crippen LogP contribution in [0.25, 0.3) is 0 Å². The number of rotatable bonds is 4. The van der Waals surface area contributed by atoms with Gasteiger partial charge in [-0.2, -0.15) is 0 Å². The van der Waals surface area contributed by atoms with E-state index in [4.69, 9.17) is 0 Å². The van der Waals surface area contributed by atoms with Crippen LogP contribution in [-0.4, -0.2) is 21.9 Å². The molecule has 1 amide bonds. The molecule has 0 spiro atoms. The van der Waals surface area contributed by atoms with Crippen molar-refractivity contribution < 1.29 is 4.79 Å². The van der Waals surface area contributed by atoms with Crippen LogP contribution in [0.4, 0.5) is 11.6 Å². The zero-order valence-electron chi connectivity index (χ0n) is 15.0. The van der Waals surface area contributed by atoms with Gasteiger partial charge in [-0.05, 0) is 49.9 Å². The second-order valence-electron chi connectivity index (χ2n) is 6.87. The summed E-state index contributed by atoms with van der Waals surface area (Å²) >= 11 is 0. The van der Waals surface area contributed by atoms with Gasteiger partial charge >= 0.3 is 0 Å². The average Bonchev–Trinajstić information content (AvgIpc) is 2.87. The lowest BCUT2D eigenvalue weighted by atomic mass is 10.1. The highest BCUT2D eigenvalue weighted by molar-refractivity contribution is 5.92. The molecule has 1 heterocycles. The monoisotopic (exact) mass is 338 g/mol. The third-order valence-corrected chi connectivity index (χ3v) is 4.72. The number of hydrogen-bond donors (Lipinski definition) is 2. The maximum atomic E-state index is 12.5. The summed E-state index contributed by atoms with van der Waals surface area (Å²) in [5.41, 5.74) is 3.64. The van der Waals surface area contributed by atoms with Crippen molar-refractivity contribution in [3.63, 3.8) is 0 Å². The number of carbonyl (C=O) groups is 1. The van der Waals surface area contributed by atoms with Gasteiger partial charge in [0.15, 0.2) is 0 Å². The lowest BCUT2D eigenvalue weighted by molar-refractivity contribution is 0.0928. The first-order chi connectivity index (χ1) is 12.1. The van der Waals surface area contributed by atoms with Crippen LogP contribution in [0, 0.1) is 13.8 Å². The topological polar surface area (TPSA) is 66.9 Å². The molecule has 1 aliphatic rings. The molecule has 5 heteroatoms.